The van der Waals surface area contributed by atoms with Gasteiger partial charge in [-0.3, -0.25) is 4.79 Å². The highest BCUT2D eigenvalue weighted by Crippen LogP contribution is 2.30. The van der Waals surface area contributed by atoms with E-state index in [0.717, 1.165) is 12.1 Å². The Bertz CT molecular complexity index is 684. The molecule has 0 aromatic heterocycles. The Balaban J connectivity index is 2.03. The minimum Gasteiger partial charge on any atom is -0.326 e. The van der Waals surface area contributed by atoms with Crippen LogP contribution < -0.4 is 5.32 Å². The zero-order valence-corrected chi connectivity index (χ0v) is 12.6. The summed E-state index contributed by atoms with van der Waals surface area (Å²) in [6.07, 6.45) is -4.41. The van der Waals surface area contributed by atoms with E-state index in [2.05, 4.69) is 5.32 Å². The zero-order chi connectivity index (χ0) is 16.3. The average molecular weight is 348 g/mol. The van der Waals surface area contributed by atoms with Crippen LogP contribution in [0.25, 0.3) is 0 Å². The van der Waals surface area contributed by atoms with Crippen LogP contribution in [0.1, 0.15) is 11.1 Å². The van der Waals surface area contributed by atoms with Crippen molar-refractivity contribution in [1.82, 2.24) is 0 Å². The maximum Gasteiger partial charge on any atom is 0.416 e. The van der Waals surface area contributed by atoms with Crippen LogP contribution in [0, 0.1) is 0 Å². The van der Waals surface area contributed by atoms with Crippen molar-refractivity contribution in [2.24, 2.45) is 0 Å². The normalized spacial score (nSPS) is 11.3. The van der Waals surface area contributed by atoms with Gasteiger partial charge in [0.05, 0.1) is 12.0 Å². The van der Waals surface area contributed by atoms with E-state index in [4.69, 9.17) is 23.2 Å². The summed E-state index contributed by atoms with van der Waals surface area (Å²) in [6.45, 7) is 0. The number of anilines is 1. The van der Waals surface area contributed by atoms with Gasteiger partial charge in [0, 0.05) is 15.7 Å². The molecule has 1 amide bonds. The van der Waals surface area contributed by atoms with E-state index < -0.39 is 11.7 Å². The molecule has 22 heavy (non-hydrogen) atoms. The molecule has 0 bridgehead atoms. The Morgan fingerprint density at radius 3 is 2.23 bits per heavy atom. The monoisotopic (exact) mass is 347 g/mol. The maximum absolute atomic E-state index is 12.4. The Morgan fingerprint density at radius 1 is 1.05 bits per heavy atom. The van der Waals surface area contributed by atoms with Gasteiger partial charge in [0.25, 0.3) is 0 Å². The number of alkyl halides is 3. The Morgan fingerprint density at radius 2 is 1.68 bits per heavy atom. The molecule has 116 valence electrons. The minimum absolute atomic E-state index is 0.00295. The van der Waals surface area contributed by atoms with E-state index in [1.54, 1.807) is 12.1 Å². The first-order valence-electron chi connectivity index (χ1n) is 6.17. The molecule has 0 atom stereocenters. The molecular formula is C15H10Cl2F3NO. The fraction of sp³-hybridized carbons (Fsp3) is 0.133. The quantitative estimate of drug-likeness (QED) is 0.812. The van der Waals surface area contributed by atoms with Crippen molar-refractivity contribution >= 4 is 34.8 Å². The highest BCUT2D eigenvalue weighted by Gasteiger charge is 2.29. The molecular weight excluding hydrogens is 338 g/mol. The number of halogens is 5. The van der Waals surface area contributed by atoms with E-state index >= 15 is 0 Å². The molecule has 0 aliphatic heterocycles. The Kier molecular flexibility index (Phi) is 4.98. The lowest BCUT2D eigenvalue weighted by molar-refractivity contribution is -0.137. The van der Waals surface area contributed by atoms with Crippen molar-refractivity contribution < 1.29 is 18.0 Å². The second-order valence-corrected chi connectivity index (χ2v) is 5.38. The number of rotatable bonds is 3. The topological polar surface area (TPSA) is 29.1 Å². The highest BCUT2D eigenvalue weighted by molar-refractivity contribution is 6.35. The molecule has 2 aromatic carbocycles. The van der Waals surface area contributed by atoms with Crippen molar-refractivity contribution in [2.45, 2.75) is 12.6 Å². The van der Waals surface area contributed by atoms with E-state index in [-0.39, 0.29) is 18.0 Å². The largest absolute Gasteiger partial charge is 0.416 e. The summed E-state index contributed by atoms with van der Waals surface area (Å²) >= 11 is 11.7. The van der Waals surface area contributed by atoms with E-state index in [1.807, 2.05) is 0 Å². The van der Waals surface area contributed by atoms with Gasteiger partial charge in [-0.25, -0.2) is 0 Å². The van der Waals surface area contributed by atoms with Gasteiger partial charge in [0.15, 0.2) is 0 Å². The highest BCUT2D eigenvalue weighted by atomic mass is 35.5. The first-order chi connectivity index (χ1) is 10.3. The third kappa shape index (κ3) is 4.39. The number of nitrogens with one attached hydrogen (secondary N) is 1. The fourth-order valence-electron chi connectivity index (χ4n) is 1.79. The van der Waals surface area contributed by atoms with Crippen molar-refractivity contribution in [2.75, 3.05) is 5.32 Å². The molecule has 7 heteroatoms. The maximum atomic E-state index is 12.4. The SMILES string of the molecule is O=C(Cc1ccc(Cl)cc1Cl)Nc1ccc(C(F)(F)F)cc1. The van der Waals surface area contributed by atoms with E-state index in [9.17, 15) is 18.0 Å². The van der Waals surface area contributed by atoms with Gasteiger partial charge in [0.2, 0.25) is 5.91 Å². The zero-order valence-electron chi connectivity index (χ0n) is 11.0. The molecule has 0 saturated heterocycles. The lowest BCUT2D eigenvalue weighted by Crippen LogP contribution is -2.15. The second-order valence-electron chi connectivity index (χ2n) is 4.54. The van der Waals surface area contributed by atoms with Crippen molar-refractivity contribution in [3.05, 3.63) is 63.6 Å². The van der Waals surface area contributed by atoms with Gasteiger partial charge < -0.3 is 5.32 Å². The summed E-state index contributed by atoms with van der Waals surface area (Å²) in [6, 6.07) is 8.96. The fourth-order valence-corrected chi connectivity index (χ4v) is 2.26. The van der Waals surface area contributed by atoms with Crippen LogP contribution in [0.15, 0.2) is 42.5 Å². The lowest BCUT2D eigenvalue weighted by atomic mass is 10.1. The van der Waals surface area contributed by atoms with Gasteiger partial charge >= 0.3 is 6.18 Å². The van der Waals surface area contributed by atoms with Crippen LogP contribution in [0.5, 0.6) is 0 Å². The molecule has 2 nitrogen and oxygen atoms in total. The number of benzene rings is 2. The summed E-state index contributed by atoms with van der Waals surface area (Å²) in [5.74, 6) is -0.385. The van der Waals surface area contributed by atoms with Crippen LogP contribution in [0.4, 0.5) is 18.9 Å². The summed E-state index contributed by atoms with van der Waals surface area (Å²) in [5.41, 5.74) is 0.0878. The third-order valence-electron chi connectivity index (χ3n) is 2.86. The molecule has 0 heterocycles. The van der Waals surface area contributed by atoms with Gasteiger partial charge in [-0.05, 0) is 42.0 Å². The first-order valence-corrected chi connectivity index (χ1v) is 6.92. The van der Waals surface area contributed by atoms with E-state index in [1.165, 1.54) is 18.2 Å². The van der Waals surface area contributed by atoms with E-state index in [0.29, 0.717) is 15.6 Å². The van der Waals surface area contributed by atoms with Gasteiger partial charge in [-0.1, -0.05) is 29.3 Å². The number of carbonyl (C=O) groups excluding carboxylic acids is 1. The number of amides is 1. The molecule has 0 spiro atoms. The van der Waals surface area contributed by atoms with Crippen molar-refractivity contribution in [3.63, 3.8) is 0 Å². The third-order valence-corrected chi connectivity index (χ3v) is 3.45. The predicted octanol–water partition coefficient (Wildman–Crippen LogP) is 5.19. The van der Waals surface area contributed by atoms with Gasteiger partial charge in [0.1, 0.15) is 0 Å². The number of hydrogen-bond donors (Lipinski definition) is 1. The molecule has 2 rings (SSSR count). The molecule has 0 aliphatic rings. The molecule has 0 fully saturated rings. The standard InChI is InChI=1S/C15H10Cl2F3NO/c16-11-4-1-9(13(17)8-11)7-14(22)21-12-5-2-10(3-6-12)15(18,19)20/h1-6,8H,7H2,(H,21,22). The molecule has 0 radical (unpaired) electrons. The van der Waals surface area contributed by atoms with Gasteiger partial charge in [-0.15, -0.1) is 0 Å². The smallest absolute Gasteiger partial charge is 0.326 e. The molecule has 2 aromatic rings. The molecule has 0 unspecified atom stereocenters. The van der Waals surface area contributed by atoms with Crippen molar-refractivity contribution in [1.29, 1.82) is 0 Å². The molecule has 0 saturated carbocycles. The van der Waals surface area contributed by atoms with Crippen molar-refractivity contribution in [3.8, 4) is 0 Å². The molecule has 0 aliphatic carbocycles. The second kappa shape index (κ2) is 6.58. The van der Waals surface area contributed by atoms with Crippen LogP contribution >= 0.6 is 23.2 Å². The van der Waals surface area contributed by atoms with Gasteiger partial charge in [-0.2, -0.15) is 13.2 Å². The van der Waals surface area contributed by atoms with Crippen LogP contribution in [-0.2, 0) is 17.4 Å². The summed E-state index contributed by atoms with van der Waals surface area (Å²) in [5, 5.41) is 3.32. The Hall–Kier alpha value is -1.72. The van der Waals surface area contributed by atoms with Crippen LogP contribution in [0.2, 0.25) is 10.0 Å². The summed E-state index contributed by atoms with van der Waals surface area (Å²) < 4.78 is 37.3. The summed E-state index contributed by atoms with van der Waals surface area (Å²) in [4.78, 5) is 11.9. The number of hydrogen-bond acceptors (Lipinski definition) is 1. The van der Waals surface area contributed by atoms with Crippen LogP contribution in [0.3, 0.4) is 0 Å². The summed E-state index contributed by atoms with van der Waals surface area (Å²) in [7, 11) is 0. The average Bonchev–Trinajstić information content (AvgIpc) is 2.41. The lowest BCUT2D eigenvalue weighted by Gasteiger charge is -2.09. The predicted molar refractivity (Wildman–Crippen MR) is 80.2 cm³/mol. The molecule has 1 N–H and O–H groups in total. The van der Waals surface area contributed by atoms with Crippen LogP contribution in [-0.4, -0.2) is 5.91 Å². The first kappa shape index (κ1) is 16.6. The Labute approximate surface area is 134 Å². The minimum atomic E-state index is -4.40. The number of carbonyl (C=O) groups is 1.